The number of hydrogen-bond acceptors (Lipinski definition) is 5. The molecular formula is C38H48O5. The number of carbonyl (C=O) groups excluding carboxylic acids is 4. The maximum absolute atomic E-state index is 14.1. The largest absolute Gasteiger partial charge is 0.457 e. The molecule has 0 amide bonds. The van der Waals surface area contributed by atoms with Gasteiger partial charge in [-0.3, -0.25) is 19.2 Å². The molecule has 9 atom stereocenters. The molecule has 4 fully saturated rings. The van der Waals surface area contributed by atoms with Gasteiger partial charge >= 0.3 is 5.97 Å². The first kappa shape index (κ1) is 31.3. The Morgan fingerprint density at radius 3 is 2.63 bits per heavy atom. The molecule has 0 spiro atoms. The molecule has 5 aliphatic rings. The number of rotatable bonds is 7. The summed E-state index contributed by atoms with van der Waals surface area (Å²) in [5, 5.41) is 0. The Morgan fingerprint density at radius 2 is 1.86 bits per heavy atom. The first-order valence-corrected chi connectivity index (χ1v) is 16.3. The van der Waals surface area contributed by atoms with Crippen LogP contribution in [0.25, 0.3) is 0 Å². The Labute approximate surface area is 257 Å². The van der Waals surface area contributed by atoms with Crippen molar-refractivity contribution in [1.29, 1.82) is 0 Å². The first-order valence-electron chi connectivity index (χ1n) is 16.3. The van der Waals surface area contributed by atoms with E-state index in [4.69, 9.17) is 4.74 Å². The van der Waals surface area contributed by atoms with E-state index in [0.717, 1.165) is 30.4 Å². The zero-order chi connectivity index (χ0) is 30.9. The van der Waals surface area contributed by atoms with Crippen LogP contribution in [0.1, 0.15) is 85.0 Å². The summed E-state index contributed by atoms with van der Waals surface area (Å²) in [5.41, 5.74) is 1.10. The van der Waals surface area contributed by atoms with Crippen molar-refractivity contribution in [1.82, 2.24) is 0 Å². The molecule has 0 aliphatic heterocycles. The average molecular weight is 585 g/mol. The SMILES string of the molecule is C=C\C=C/C1=C\C=C/C=C\C(=C)C(OC(=O)CCC(C)C2CCC3C4C(=O)CC5CC(=O)CCC5(C)C4CC(=O)C23C)C1. The van der Waals surface area contributed by atoms with Crippen LogP contribution in [-0.4, -0.2) is 29.4 Å². The monoisotopic (exact) mass is 584 g/mol. The molecule has 230 valence electrons. The van der Waals surface area contributed by atoms with Crippen LogP contribution in [0.3, 0.4) is 0 Å². The van der Waals surface area contributed by atoms with Gasteiger partial charge in [-0.05, 0) is 71.8 Å². The molecule has 0 heterocycles. The van der Waals surface area contributed by atoms with E-state index in [2.05, 4.69) is 33.9 Å². The van der Waals surface area contributed by atoms with Gasteiger partial charge in [0.25, 0.3) is 0 Å². The van der Waals surface area contributed by atoms with Crippen LogP contribution >= 0.6 is 0 Å². The minimum Gasteiger partial charge on any atom is -0.457 e. The molecule has 0 radical (unpaired) electrons. The summed E-state index contributed by atoms with van der Waals surface area (Å²) in [4.78, 5) is 53.1. The van der Waals surface area contributed by atoms with Crippen LogP contribution < -0.4 is 0 Å². The first-order chi connectivity index (χ1) is 20.5. The number of carbonyl (C=O) groups is 4. The maximum atomic E-state index is 14.1. The van der Waals surface area contributed by atoms with Crippen molar-refractivity contribution >= 4 is 23.3 Å². The second-order valence-corrected chi connectivity index (χ2v) is 14.3. The Morgan fingerprint density at radius 1 is 1.07 bits per heavy atom. The molecule has 0 saturated heterocycles. The Hall–Kier alpha value is -3.08. The lowest BCUT2D eigenvalue weighted by molar-refractivity contribution is -0.166. The number of esters is 1. The lowest BCUT2D eigenvalue weighted by Gasteiger charge is -2.58. The molecule has 9 unspecified atom stereocenters. The van der Waals surface area contributed by atoms with Gasteiger partial charge in [0.15, 0.2) is 0 Å². The van der Waals surface area contributed by atoms with Gasteiger partial charge in [-0.25, -0.2) is 0 Å². The number of fused-ring (bicyclic) bond motifs is 5. The second kappa shape index (κ2) is 12.5. The van der Waals surface area contributed by atoms with Crippen LogP contribution in [0, 0.1) is 46.3 Å². The van der Waals surface area contributed by atoms with Crippen LogP contribution in [0.2, 0.25) is 0 Å². The zero-order valence-electron chi connectivity index (χ0n) is 26.2. The fourth-order valence-corrected chi connectivity index (χ4v) is 9.53. The highest BCUT2D eigenvalue weighted by molar-refractivity contribution is 5.93. The van der Waals surface area contributed by atoms with E-state index in [9.17, 15) is 19.2 Å². The lowest BCUT2D eigenvalue weighted by Crippen LogP contribution is -2.60. The van der Waals surface area contributed by atoms with Crippen molar-refractivity contribution in [2.75, 3.05) is 0 Å². The van der Waals surface area contributed by atoms with Crippen molar-refractivity contribution in [3.05, 3.63) is 72.9 Å². The Kier molecular flexibility index (Phi) is 9.11. The molecule has 5 heteroatoms. The average Bonchev–Trinajstić information content (AvgIpc) is 3.36. The summed E-state index contributed by atoms with van der Waals surface area (Å²) in [7, 11) is 0. The molecule has 5 rings (SSSR count). The third kappa shape index (κ3) is 5.89. The zero-order valence-corrected chi connectivity index (χ0v) is 26.2. The van der Waals surface area contributed by atoms with Crippen LogP contribution in [0.4, 0.5) is 0 Å². The van der Waals surface area contributed by atoms with Gasteiger partial charge in [-0.15, -0.1) is 0 Å². The Bertz CT molecular complexity index is 1310. The smallest absolute Gasteiger partial charge is 0.306 e. The van der Waals surface area contributed by atoms with Crippen LogP contribution in [0.5, 0.6) is 0 Å². The van der Waals surface area contributed by atoms with E-state index in [0.29, 0.717) is 38.5 Å². The molecule has 0 aromatic rings. The predicted octanol–water partition coefficient (Wildman–Crippen LogP) is 7.64. The van der Waals surface area contributed by atoms with Gasteiger partial charge in [0.2, 0.25) is 0 Å². The summed E-state index contributed by atoms with van der Waals surface area (Å²) in [5.74, 6) is 0.949. The molecule has 0 aromatic heterocycles. The number of ketones is 3. The minimum absolute atomic E-state index is 0.0482. The summed E-state index contributed by atoms with van der Waals surface area (Å²) in [6.07, 6.45) is 20.8. The van der Waals surface area contributed by atoms with Gasteiger partial charge in [-0.2, -0.15) is 0 Å². The molecule has 0 bridgehead atoms. The lowest BCUT2D eigenvalue weighted by atomic mass is 9.44. The third-order valence-corrected chi connectivity index (χ3v) is 12.1. The standard InChI is InChI=1S/C38H48O5/c1-6-7-12-26-13-10-8-9-11-25(3)33(20-26)43-35(42)17-14-24(2)29-15-16-30-36-31(23-34(41)38(29,30)5)37(4)19-18-28(39)21-27(37)22-32(36)40/h6-13,24,27,29-31,33,36H,1,3,14-23H2,2,4-5H3/b10-8-,11-9-,12-7-,26-13+. The number of Topliss-reactive ketones (excluding diaryl/α,β-unsaturated/α-hetero) is 3. The minimum atomic E-state index is -0.547. The second-order valence-electron chi connectivity index (χ2n) is 14.3. The predicted molar refractivity (Wildman–Crippen MR) is 169 cm³/mol. The topological polar surface area (TPSA) is 77.5 Å². The highest BCUT2D eigenvalue weighted by atomic mass is 16.5. The van der Waals surface area contributed by atoms with Crippen molar-refractivity contribution in [3.8, 4) is 0 Å². The molecule has 43 heavy (non-hydrogen) atoms. The van der Waals surface area contributed by atoms with Gasteiger partial charge in [0.1, 0.15) is 23.5 Å². The van der Waals surface area contributed by atoms with E-state index in [1.54, 1.807) is 6.08 Å². The summed E-state index contributed by atoms with van der Waals surface area (Å²) >= 11 is 0. The number of allylic oxidation sites excluding steroid dienone is 7. The van der Waals surface area contributed by atoms with E-state index in [1.807, 2.05) is 42.5 Å². The summed E-state index contributed by atoms with van der Waals surface area (Å²) in [6, 6.07) is 0. The summed E-state index contributed by atoms with van der Waals surface area (Å²) in [6.45, 7) is 14.4. The van der Waals surface area contributed by atoms with Crippen molar-refractivity contribution in [2.24, 2.45) is 46.3 Å². The summed E-state index contributed by atoms with van der Waals surface area (Å²) < 4.78 is 5.97. The normalized spacial score (nSPS) is 41.0. The highest BCUT2D eigenvalue weighted by Gasteiger charge is 2.66. The number of ether oxygens (including phenoxy) is 1. The van der Waals surface area contributed by atoms with Gasteiger partial charge in [0, 0.05) is 49.9 Å². The van der Waals surface area contributed by atoms with E-state index >= 15 is 0 Å². The molecular weight excluding hydrogens is 536 g/mol. The van der Waals surface area contributed by atoms with Crippen molar-refractivity contribution in [2.45, 2.75) is 91.1 Å². The van der Waals surface area contributed by atoms with E-state index in [-0.39, 0.29) is 70.7 Å². The van der Waals surface area contributed by atoms with Crippen molar-refractivity contribution in [3.63, 3.8) is 0 Å². The fourth-order valence-electron chi connectivity index (χ4n) is 9.53. The van der Waals surface area contributed by atoms with E-state index in [1.165, 1.54) is 0 Å². The van der Waals surface area contributed by atoms with Gasteiger partial charge in [0.05, 0.1) is 0 Å². The van der Waals surface area contributed by atoms with Gasteiger partial charge in [-0.1, -0.05) is 82.5 Å². The van der Waals surface area contributed by atoms with Crippen LogP contribution in [-0.2, 0) is 23.9 Å². The quantitative estimate of drug-likeness (QED) is 0.227. The highest BCUT2D eigenvalue weighted by Crippen LogP contribution is 2.66. The molecule has 5 nitrogen and oxygen atoms in total. The molecule has 5 aliphatic carbocycles. The van der Waals surface area contributed by atoms with Gasteiger partial charge < -0.3 is 4.74 Å². The molecule has 4 saturated carbocycles. The fraction of sp³-hybridized carbons (Fsp3) is 0.579. The van der Waals surface area contributed by atoms with E-state index < -0.39 is 11.5 Å². The number of hydrogen-bond donors (Lipinski definition) is 0. The third-order valence-electron chi connectivity index (χ3n) is 12.1. The maximum Gasteiger partial charge on any atom is 0.306 e. The van der Waals surface area contributed by atoms with Crippen LogP contribution in [0.15, 0.2) is 72.9 Å². The van der Waals surface area contributed by atoms with Crippen molar-refractivity contribution < 1.29 is 23.9 Å². The molecule has 0 N–H and O–H groups in total. The molecule has 0 aromatic carbocycles. The Balaban J connectivity index is 1.25.